The standard InChI is InChI=1S/C13H16N2OS2/c1-8-3-4-9-10(5-8)18-13-11(9)12(14-6-15-13)17-7-16-2/h6,8H,3-5,7H2,1-2H3. The highest BCUT2D eigenvalue weighted by molar-refractivity contribution is 7.99. The summed E-state index contributed by atoms with van der Waals surface area (Å²) in [5, 5.41) is 2.36. The molecule has 18 heavy (non-hydrogen) atoms. The number of methoxy groups -OCH3 is 1. The van der Waals surface area contributed by atoms with Crippen LogP contribution in [0.3, 0.4) is 0 Å². The molecule has 96 valence electrons. The van der Waals surface area contributed by atoms with E-state index in [0.29, 0.717) is 5.94 Å². The van der Waals surface area contributed by atoms with Crippen LogP contribution in [0, 0.1) is 5.92 Å². The molecule has 0 amide bonds. The molecule has 3 rings (SSSR count). The van der Waals surface area contributed by atoms with Crippen molar-refractivity contribution in [3.63, 3.8) is 0 Å². The first kappa shape index (κ1) is 12.4. The Morgan fingerprint density at radius 3 is 3.22 bits per heavy atom. The Balaban J connectivity index is 2.09. The molecule has 0 bridgehead atoms. The van der Waals surface area contributed by atoms with Gasteiger partial charge in [-0.3, -0.25) is 0 Å². The van der Waals surface area contributed by atoms with E-state index in [1.165, 1.54) is 35.1 Å². The zero-order valence-electron chi connectivity index (χ0n) is 10.6. The maximum absolute atomic E-state index is 5.14. The van der Waals surface area contributed by atoms with E-state index < -0.39 is 0 Å². The molecular weight excluding hydrogens is 264 g/mol. The van der Waals surface area contributed by atoms with E-state index in [-0.39, 0.29) is 0 Å². The second-order valence-corrected chi connectivity index (χ2v) is 6.76. The van der Waals surface area contributed by atoms with Gasteiger partial charge in [0.2, 0.25) is 0 Å². The molecule has 5 heteroatoms. The first-order valence-corrected chi connectivity index (χ1v) is 7.96. The number of thioether (sulfide) groups is 1. The monoisotopic (exact) mass is 280 g/mol. The van der Waals surface area contributed by atoms with Crippen LogP contribution in [0.25, 0.3) is 10.2 Å². The first-order chi connectivity index (χ1) is 8.79. The molecule has 3 nitrogen and oxygen atoms in total. The van der Waals surface area contributed by atoms with Gasteiger partial charge in [-0.1, -0.05) is 18.7 Å². The lowest BCUT2D eigenvalue weighted by Gasteiger charge is -2.18. The third kappa shape index (κ3) is 2.15. The zero-order chi connectivity index (χ0) is 12.5. The lowest BCUT2D eigenvalue weighted by atomic mass is 9.89. The molecule has 2 aromatic rings. The lowest BCUT2D eigenvalue weighted by Crippen LogP contribution is -2.08. The number of thiophene rings is 1. The number of aromatic nitrogens is 2. The van der Waals surface area contributed by atoms with Crippen molar-refractivity contribution in [1.29, 1.82) is 0 Å². The van der Waals surface area contributed by atoms with Crippen LogP contribution < -0.4 is 0 Å². The largest absolute Gasteiger partial charge is 0.374 e. The number of ether oxygens (including phenoxy) is 1. The van der Waals surface area contributed by atoms with Gasteiger partial charge in [0.25, 0.3) is 0 Å². The quantitative estimate of drug-likeness (QED) is 0.489. The van der Waals surface area contributed by atoms with E-state index in [0.717, 1.165) is 15.8 Å². The van der Waals surface area contributed by atoms with Crippen LogP contribution in [0.4, 0.5) is 0 Å². The van der Waals surface area contributed by atoms with Gasteiger partial charge in [0, 0.05) is 17.4 Å². The first-order valence-electron chi connectivity index (χ1n) is 6.16. The maximum atomic E-state index is 5.14. The summed E-state index contributed by atoms with van der Waals surface area (Å²) in [5.41, 5.74) is 1.49. The van der Waals surface area contributed by atoms with Gasteiger partial charge < -0.3 is 4.74 Å². The van der Waals surface area contributed by atoms with Crippen molar-refractivity contribution >= 4 is 33.3 Å². The molecule has 0 spiro atoms. The van der Waals surface area contributed by atoms with Crippen molar-refractivity contribution in [3.05, 3.63) is 16.8 Å². The molecule has 2 aromatic heterocycles. The smallest absolute Gasteiger partial charge is 0.128 e. The molecule has 1 unspecified atom stereocenters. The Hall–Kier alpha value is -0.650. The fraction of sp³-hybridized carbons (Fsp3) is 0.538. The Morgan fingerprint density at radius 1 is 1.50 bits per heavy atom. The van der Waals surface area contributed by atoms with E-state index >= 15 is 0 Å². The van der Waals surface area contributed by atoms with Crippen LogP contribution in [0.5, 0.6) is 0 Å². The zero-order valence-corrected chi connectivity index (χ0v) is 12.2. The van der Waals surface area contributed by atoms with Gasteiger partial charge in [-0.2, -0.15) is 0 Å². The molecule has 0 fully saturated rings. The number of nitrogens with zero attached hydrogens (tertiary/aromatic N) is 2. The van der Waals surface area contributed by atoms with Gasteiger partial charge in [0.1, 0.15) is 16.2 Å². The molecular formula is C13H16N2OS2. The Morgan fingerprint density at radius 2 is 2.39 bits per heavy atom. The average molecular weight is 280 g/mol. The van der Waals surface area contributed by atoms with Gasteiger partial charge in [-0.15, -0.1) is 11.3 Å². The molecule has 1 aliphatic carbocycles. The van der Waals surface area contributed by atoms with Crippen LogP contribution in [0.2, 0.25) is 0 Å². The maximum Gasteiger partial charge on any atom is 0.128 e. The van der Waals surface area contributed by atoms with Crippen molar-refractivity contribution in [1.82, 2.24) is 9.97 Å². The molecule has 0 aromatic carbocycles. The normalized spacial score (nSPS) is 19.1. The van der Waals surface area contributed by atoms with E-state index in [4.69, 9.17) is 4.74 Å². The molecule has 1 aliphatic rings. The van der Waals surface area contributed by atoms with E-state index in [9.17, 15) is 0 Å². The van der Waals surface area contributed by atoms with E-state index in [1.54, 1.807) is 25.2 Å². The third-order valence-electron chi connectivity index (χ3n) is 3.37. The summed E-state index contributed by atoms with van der Waals surface area (Å²) in [4.78, 5) is 11.5. The number of rotatable bonds is 3. The highest BCUT2D eigenvalue weighted by Crippen LogP contribution is 2.40. The molecule has 0 aliphatic heterocycles. The van der Waals surface area contributed by atoms with Crippen LogP contribution in [0.1, 0.15) is 23.8 Å². The summed E-state index contributed by atoms with van der Waals surface area (Å²) in [6.07, 6.45) is 5.32. The minimum absolute atomic E-state index is 0.646. The van der Waals surface area contributed by atoms with E-state index in [1.807, 2.05) is 11.3 Å². The van der Waals surface area contributed by atoms with Crippen molar-refractivity contribution in [3.8, 4) is 0 Å². The fourth-order valence-electron chi connectivity index (χ4n) is 2.47. The predicted octanol–water partition coefficient (Wildman–Crippen LogP) is 3.51. The SMILES string of the molecule is COCSc1ncnc2sc3c(c12)CCC(C)C3. The summed E-state index contributed by atoms with van der Waals surface area (Å²) in [5.74, 6) is 1.45. The molecule has 1 atom stereocenters. The second-order valence-electron chi connectivity index (χ2n) is 4.76. The summed E-state index contributed by atoms with van der Waals surface area (Å²) in [6, 6.07) is 0. The fourth-order valence-corrected chi connectivity index (χ4v) is 4.60. The number of aryl methyl sites for hydroxylation is 1. The number of fused-ring (bicyclic) bond motifs is 3. The van der Waals surface area contributed by atoms with Crippen LogP contribution in [-0.2, 0) is 17.6 Å². The summed E-state index contributed by atoms with van der Waals surface area (Å²) in [7, 11) is 1.72. The number of hydrogen-bond donors (Lipinski definition) is 0. The molecule has 0 radical (unpaired) electrons. The highest BCUT2D eigenvalue weighted by atomic mass is 32.2. The Bertz CT molecular complexity index is 567. The number of hydrogen-bond acceptors (Lipinski definition) is 5. The molecule has 0 saturated carbocycles. The predicted molar refractivity (Wildman–Crippen MR) is 76.3 cm³/mol. The molecule has 2 heterocycles. The average Bonchev–Trinajstić information content (AvgIpc) is 2.73. The highest BCUT2D eigenvalue weighted by Gasteiger charge is 2.22. The van der Waals surface area contributed by atoms with E-state index in [2.05, 4.69) is 16.9 Å². The topological polar surface area (TPSA) is 35.0 Å². The van der Waals surface area contributed by atoms with Crippen molar-refractivity contribution in [2.24, 2.45) is 5.92 Å². The van der Waals surface area contributed by atoms with Crippen molar-refractivity contribution in [2.75, 3.05) is 13.0 Å². The second kappa shape index (κ2) is 5.15. The lowest BCUT2D eigenvalue weighted by molar-refractivity contribution is 0.258. The minimum atomic E-state index is 0.646. The molecule has 0 saturated heterocycles. The van der Waals surface area contributed by atoms with Crippen LogP contribution in [0.15, 0.2) is 11.4 Å². The van der Waals surface area contributed by atoms with Crippen molar-refractivity contribution < 1.29 is 4.74 Å². The van der Waals surface area contributed by atoms with Gasteiger partial charge in [-0.05, 0) is 30.7 Å². The van der Waals surface area contributed by atoms with Crippen LogP contribution >= 0.6 is 23.1 Å². The van der Waals surface area contributed by atoms with Gasteiger partial charge in [0.05, 0.1) is 5.94 Å². The van der Waals surface area contributed by atoms with Gasteiger partial charge in [-0.25, -0.2) is 9.97 Å². The van der Waals surface area contributed by atoms with Gasteiger partial charge >= 0.3 is 0 Å². The summed E-state index contributed by atoms with van der Waals surface area (Å²) < 4.78 is 5.14. The summed E-state index contributed by atoms with van der Waals surface area (Å²) in [6.45, 7) is 2.33. The Kier molecular flexibility index (Phi) is 3.54. The van der Waals surface area contributed by atoms with Gasteiger partial charge in [0.15, 0.2) is 0 Å². The minimum Gasteiger partial charge on any atom is -0.374 e. The van der Waals surface area contributed by atoms with Crippen molar-refractivity contribution in [2.45, 2.75) is 31.2 Å². The summed E-state index contributed by atoms with van der Waals surface area (Å²) >= 11 is 3.51. The molecule has 0 N–H and O–H groups in total. The van der Waals surface area contributed by atoms with Crippen LogP contribution in [-0.4, -0.2) is 23.0 Å². The third-order valence-corrected chi connectivity index (χ3v) is 5.47. The Labute approximate surface area is 115 Å².